The summed E-state index contributed by atoms with van der Waals surface area (Å²) in [6.07, 6.45) is -3.62. The quantitative estimate of drug-likeness (QED) is 0.183. The number of halogens is 6. The van der Waals surface area contributed by atoms with Gasteiger partial charge in [0, 0.05) is 38.2 Å². The molecule has 0 unspecified atom stereocenters. The fraction of sp³-hybridized carbons (Fsp3) is 0.333. The summed E-state index contributed by atoms with van der Waals surface area (Å²) in [5, 5.41) is 10.1. The molecule has 2 aromatic heterocycles. The number of fused-ring (bicyclic) bond motifs is 1. The van der Waals surface area contributed by atoms with E-state index in [9.17, 15) is 40.3 Å². The van der Waals surface area contributed by atoms with Gasteiger partial charge in [-0.1, -0.05) is 42.5 Å². The summed E-state index contributed by atoms with van der Waals surface area (Å²) in [7, 11) is -4.32. The van der Waals surface area contributed by atoms with Crippen molar-refractivity contribution in [3.8, 4) is 5.75 Å². The van der Waals surface area contributed by atoms with Crippen LogP contribution in [0.25, 0.3) is 10.3 Å². The number of anilines is 1. The minimum absolute atomic E-state index is 0.00493. The van der Waals surface area contributed by atoms with E-state index in [4.69, 9.17) is 17.3 Å². The van der Waals surface area contributed by atoms with Gasteiger partial charge < -0.3 is 20.5 Å². The molecule has 0 aliphatic carbocycles. The van der Waals surface area contributed by atoms with Gasteiger partial charge in [0.2, 0.25) is 15.3 Å². The van der Waals surface area contributed by atoms with Gasteiger partial charge in [-0.3, -0.25) is 4.79 Å². The van der Waals surface area contributed by atoms with E-state index in [1.807, 2.05) is 0 Å². The van der Waals surface area contributed by atoms with Gasteiger partial charge in [0.15, 0.2) is 10.8 Å². The molecule has 1 atom stereocenters. The third-order valence-electron chi connectivity index (χ3n) is 6.72. The molecule has 1 aliphatic rings. The zero-order chi connectivity index (χ0) is 33.9. The van der Waals surface area contributed by atoms with Crippen LogP contribution < -0.4 is 15.4 Å². The molecule has 1 saturated heterocycles. The van der Waals surface area contributed by atoms with Crippen LogP contribution in [0.1, 0.15) is 24.5 Å². The molecule has 46 heavy (non-hydrogen) atoms. The Hall–Kier alpha value is -3.71. The molecule has 3 heterocycles. The summed E-state index contributed by atoms with van der Waals surface area (Å²) < 4.78 is 94.5. The number of hydrogen-bond donors (Lipinski definition) is 2. The van der Waals surface area contributed by atoms with E-state index in [-0.39, 0.29) is 41.8 Å². The number of piperazine rings is 1. The Kier molecular flexibility index (Phi) is 10.7. The molecule has 3 N–H and O–H groups in total. The molecule has 1 aliphatic heterocycles. The Bertz CT molecular complexity index is 1780. The average Bonchev–Trinajstić information content (AvgIpc) is 3.44. The summed E-state index contributed by atoms with van der Waals surface area (Å²) in [6.45, 7) is 1.58. The summed E-state index contributed by atoms with van der Waals surface area (Å²) >= 11 is 6.96. The Morgan fingerprint density at radius 3 is 2.30 bits per heavy atom. The van der Waals surface area contributed by atoms with Crippen molar-refractivity contribution in [2.24, 2.45) is 5.73 Å². The van der Waals surface area contributed by atoms with E-state index in [1.165, 1.54) is 36.6 Å². The zero-order valence-electron chi connectivity index (χ0n) is 23.8. The monoisotopic (exact) mass is 708 g/mol. The van der Waals surface area contributed by atoms with Crippen molar-refractivity contribution in [3.05, 3.63) is 71.1 Å². The number of aromatic nitrogens is 3. The molecular weight excluding hydrogens is 683 g/mol. The molecule has 0 bridgehead atoms. The predicted molar refractivity (Wildman–Crippen MR) is 159 cm³/mol. The number of rotatable bonds is 8. The van der Waals surface area contributed by atoms with Gasteiger partial charge in [0.1, 0.15) is 11.8 Å². The van der Waals surface area contributed by atoms with Crippen LogP contribution in [-0.4, -0.2) is 70.8 Å². The lowest BCUT2D eigenvalue weighted by Gasteiger charge is -2.38. The lowest BCUT2D eigenvalue weighted by atomic mass is 10.0. The number of ether oxygens (including phenoxy) is 1. The highest BCUT2D eigenvalue weighted by atomic mass is 35.5. The van der Waals surface area contributed by atoms with Crippen molar-refractivity contribution >= 4 is 54.4 Å². The summed E-state index contributed by atoms with van der Waals surface area (Å²) in [4.78, 5) is 25.3. The van der Waals surface area contributed by atoms with Crippen LogP contribution in [0.3, 0.4) is 0 Å². The second kappa shape index (κ2) is 14.0. The highest BCUT2D eigenvalue weighted by molar-refractivity contribution is 7.89. The maximum absolute atomic E-state index is 13.1. The number of aliphatic carboxylic acids is 1. The molecule has 5 rings (SSSR count). The first-order valence-corrected chi connectivity index (χ1v) is 16.0. The Labute approximate surface area is 268 Å². The maximum Gasteiger partial charge on any atom is 0.573 e. The van der Waals surface area contributed by atoms with E-state index in [1.54, 1.807) is 17.0 Å². The summed E-state index contributed by atoms with van der Waals surface area (Å²) in [6, 6.07) is 8.24. The topological polar surface area (TPSA) is 152 Å². The van der Waals surface area contributed by atoms with Crippen molar-refractivity contribution in [2.75, 3.05) is 24.5 Å². The fourth-order valence-corrected chi connectivity index (χ4v) is 6.91. The van der Waals surface area contributed by atoms with Crippen molar-refractivity contribution in [1.82, 2.24) is 19.3 Å². The molecule has 2 aromatic carbocycles. The van der Waals surface area contributed by atoms with Crippen LogP contribution in [0.5, 0.6) is 5.75 Å². The number of carboxylic acids is 1. The molecule has 0 saturated carbocycles. The minimum atomic E-state index is -4.93. The standard InChI is InChI=1S/C17H13ClF3N5O5S2.C10H13F2N/c18-15-22-7-12-13(23-15)24-16(32-12)25-5-6-26(11(8-25)14(27)28)33(29,30)10-3-1-9(2-4-10)31-17(19,20)21;1-2-10(11,12)9-5-3-8(7-13)4-6-9/h1-4,7,11H,5-6,8H2,(H,27,28);3-6H,2,7,13H2,1H3/t11-;/m1./s1. The molecule has 248 valence electrons. The number of nitrogens with two attached hydrogens (primary N) is 1. The molecule has 0 amide bonds. The van der Waals surface area contributed by atoms with E-state index < -0.39 is 40.1 Å². The lowest BCUT2D eigenvalue weighted by Crippen LogP contribution is -2.58. The van der Waals surface area contributed by atoms with E-state index in [0.29, 0.717) is 22.0 Å². The molecule has 4 aromatic rings. The van der Waals surface area contributed by atoms with E-state index in [0.717, 1.165) is 34.1 Å². The zero-order valence-corrected chi connectivity index (χ0v) is 26.2. The SMILES string of the molecule is CCC(F)(F)c1ccc(CN)cc1.O=C(O)[C@H]1CN(c2nc3nc(Cl)ncc3s2)CCN1S(=O)(=O)c1ccc(OC(F)(F)F)cc1. The second-order valence-corrected chi connectivity index (χ2v) is 13.0. The predicted octanol–water partition coefficient (Wildman–Crippen LogP) is 5.25. The first kappa shape index (κ1) is 35.1. The van der Waals surface area contributed by atoms with Crippen LogP contribution in [0.4, 0.5) is 27.1 Å². The van der Waals surface area contributed by atoms with Crippen LogP contribution >= 0.6 is 22.9 Å². The van der Waals surface area contributed by atoms with E-state index in [2.05, 4.69) is 19.7 Å². The molecule has 11 nitrogen and oxygen atoms in total. The maximum atomic E-state index is 13.1. The lowest BCUT2D eigenvalue weighted by molar-refractivity contribution is -0.274. The molecule has 0 radical (unpaired) electrons. The third-order valence-corrected chi connectivity index (χ3v) is 9.86. The van der Waals surface area contributed by atoms with Crippen LogP contribution in [-0.2, 0) is 27.3 Å². The van der Waals surface area contributed by atoms with Gasteiger partial charge in [-0.05, 0) is 41.4 Å². The molecule has 1 fully saturated rings. The second-order valence-electron chi connectivity index (χ2n) is 9.72. The normalized spacial score (nSPS) is 16.2. The summed E-state index contributed by atoms with van der Waals surface area (Å²) in [5.41, 5.74) is 6.62. The van der Waals surface area contributed by atoms with Gasteiger partial charge in [0.05, 0.1) is 15.8 Å². The van der Waals surface area contributed by atoms with Crippen LogP contribution in [0, 0.1) is 0 Å². The number of hydrogen-bond acceptors (Lipinski definition) is 10. The number of carboxylic acid groups (broad SMARTS) is 1. The number of sulfonamides is 1. The van der Waals surface area contributed by atoms with Crippen molar-refractivity contribution in [3.63, 3.8) is 0 Å². The molecule has 0 spiro atoms. The van der Waals surface area contributed by atoms with Gasteiger partial charge in [0.25, 0.3) is 5.92 Å². The highest BCUT2D eigenvalue weighted by Gasteiger charge is 2.41. The van der Waals surface area contributed by atoms with Crippen molar-refractivity contribution in [1.29, 1.82) is 0 Å². The highest BCUT2D eigenvalue weighted by Crippen LogP contribution is 2.33. The third kappa shape index (κ3) is 8.35. The molecule has 19 heteroatoms. The van der Waals surface area contributed by atoms with Crippen molar-refractivity contribution < 1.29 is 45.0 Å². The minimum Gasteiger partial charge on any atom is -0.480 e. The summed E-state index contributed by atoms with van der Waals surface area (Å²) in [5.74, 6) is -4.70. The fourth-order valence-electron chi connectivity index (χ4n) is 4.31. The van der Waals surface area contributed by atoms with Gasteiger partial charge in [-0.15, -0.1) is 13.2 Å². The van der Waals surface area contributed by atoms with Crippen molar-refractivity contribution in [2.45, 2.75) is 43.1 Å². The molecular formula is C27H26ClF5N6O5S2. The van der Waals surface area contributed by atoms with Gasteiger partial charge in [-0.2, -0.15) is 14.3 Å². The van der Waals surface area contributed by atoms with Gasteiger partial charge >= 0.3 is 12.3 Å². The smallest absolute Gasteiger partial charge is 0.480 e. The number of thiazole rings is 1. The number of nitrogens with zero attached hydrogens (tertiary/aromatic N) is 5. The Morgan fingerprint density at radius 2 is 1.74 bits per heavy atom. The number of carbonyl (C=O) groups is 1. The largest absolute Gasteiger partial charge is 0.573 e. The Balaban J connectivity index is 0.000000310. The average molecular weight is 709 g/mol. The Morgan fingerprint density at radius 1 is 1.09 bits per heavy atom. The first-order valence-electron chi connectivity index (χ1n) is 13.4. The van der Waals surface area contributed by atoms with Gasteiger partial charge in [-0.25, -0.2) is 22.2 Å². The first-order chi connectivity index (χ1) is 21.5. The van der Waals surface area contributed by atoms with E-state index >= 15 is 0 Å². The number of benzene rings is 2. The van der Waals surface area contributed by atoms with Crippen LogP contribution in [0.2, 0.25) is 5.28 Å². The number of alkyl halides is 5. The van der Waals surface area contributed by atoms with Crippen LogP contribution in [0.15, 0.2) is 59.6 Å².